The monoisotopic (exact) mass is 755 g/mol. The zero-order valence-corrected chi connectivity index (χ0v) is 29.3. The fourth-order valence-electron chi connectivity index (χ4n) is 4.90. The molecule has 0 atom stereocenters. The molecular formula is C36H33BrF3N3O7. The molecule has 0 aliphatic heterocycles. The van der Waals surface area contributed by atoms with Gasteiger partial charge in [-0.2, -0.15) is 13.2 Å². The van der Waals surface area contributed by atoms with Crippen LogP contribution in [0.15, 0.2) is 71.2 Å². The molecule has 0 saturated carbocycles. The summed E-state index contributed by atoms with van der Waals surface area (Å²) in [7, 11) is 5.74. The lowest BCUT2D eigenvalue weighted by Gasteiger charge is -2.17. The van der Waals surface area contributed by atoms with Crippen LogP contribution in [0.5, 0.6) is 11.5 Å². The minimum atomic E-state index is -4.52. The Morgan fingerprint density at radius 3 is 2.24 bits per heavy atom. The van der Waals surface area contributed by atoms with Crippen molar-refractivity contribution in [3.63, 3.8) is 0 Å². The van der Waals surface area contributed by atoms with Crippen LogP contribution in [0.3, 0.4) is 0 Å². The summed E-state index contributed by atoms with van der Waals surface area (Å²) in [6.45, 7) is 1.70. The van der Waals surface area contributed by atoms with E-state index in [1.54, 1.807) is 45.3 Å². The highest BCUT2D eigenvalue weighted by molar-refractivity contribution is 9.10. The number of benzene rings is 3. The van der Waals surface area contributed by atoms with E-state index < -0.39 is 29.6 Å². The molecule has 0 aliphatic carbocycles. The highest BCUT2D eigenvalue weighted by Gasteiger charge is 2.30. The van der Waals surface area contributed by atoms with E-state index in [0.29, 0.717) is 34.1 Å². The van der Waals surface area contributed by atoms with Gasteiger partial charge in [0.25, 0.3) is 11.8 Å². The van der Waals surface area contributed by atoms with Crippen LogP contribution in [0.25, 0.3) is 11.3 Å². The van der Waals surface area contributed by atoms with E-state index in [4.69, 9.17) is 14.2 Å². The van der Waals surface area contributed by atoms with Crippen molar-refractivity contribution in [1.29, 1.82) is 0 Å². The SMILES string of the molecule is COC(=O)c1cc(Br)c(OC(=O)CCCc2ccc(NC(=O)c3ccc(C)nc3-c3ccc(C(F)(F)F)cc3)c(C(=O)N(C)C)c2)c(OC)c1. The number of carbonyl (C=O) groups excluding carboxylic acids is 4. The Kier molecular flexibility index (Phi) is 12.0. The van der Waals surface area contributed by atoms with Gasteiger partial charge in [-0.15, -0.1) is 0 Å². The maximum atomic E-state index is 13.6. The summed E-state index contributed by atoms with van der Waals surface area (Å²) >= 11 is 3.30. The van der Waals surface area contributed by atoms with E-state index in [-0.39, 0.29) is 51.9 Å². The van der Waals surface area contributed by atoms with Crippen molar-refractivity contribution in [2.24, 2.45) is 0 Å². The third-order valence-corrected chi connectivity index (χ3v) is 8.04. The zero-order chi connectivity index (χ0) is 36.7. The minimum absolute atomic E-state index is 0.0109. The molecule has 262 valence electrons. The quantitative estimate of drug-likeness (QED) is 0.123. The second-order valence-electron chi connectivity index (χ2n) is 11.3. The van der Waals surface area contributed by atoms with Crippen molar-refractivity contribution in [3.8, 4) is 22.8 Å². The standard InChI is InChI=1S/C36H33BrF3N3O7/c1-20-9-15-25(31(41-20)22-11-13-24(14-12-22)36(38,39)40)33(45)42-28-16-10-21(17-26(28)34(46)43(2)3)7-6-8-30(44)50-32-27(37)18-23(35(47)49-5)19-29(32)48-4/h9-19H,6-8H2,1-5H3,(H,42,45). The Hall–Kier alpha value is -5.24. The van der Waals surface area contributed by atoms with E-state index in [0.717, 1.165) is 12.1 Å². The molecular weight excluding hydrogens is 723 g/mol. The molecule has 0 radical (unpaired) electrons. The number of ether oxygens (including phenoxy) is 3. The molecule has 50 heavy (non-hydrogen) atoms. The number of nitrogens with zero attached hydrogens (tertiary/aromatic N) is 2. The molecule has 0 unspecified atom stereocenters. The predicted molar refractivity (Wildman–Crippen MR) is 182 cm³/mol. The van der Waals surface area contributed by atoms with Gasteiger partial charge in [-0.05, 0) is 89.8 Å². The van der Waals surface area contributed by atoms with Gasteiger partial charge in [0, 0.05) is 31.8 Å². The number of halogens is 4. The lowest BCUT2D eigenvalue weighted by molar-refractivity contribution is -0.137. The molecule has 0 saturated heterocycles. The third-order valence-electron chi connectivity index (χ3n) is 7.45. The molecule has 0 spiro atoms. The summed E-state index contributed by atoms with van der Waals surface area (Å²) in [5, 5.41) is 2.76. The number of hydrogen-bond donors (Lipinski definition) is 1. The second kappa shape index (κ2) is 16.0. The first-order valence-electron chi connectivity index (χ1n) is 15.1. The van der Waals surface area contributed by atoms with Gasteiger partial charge >= 0.3 is 18.1 Å². The van der Waals surface area contributed by atoms with Gasteiger partial charge in [0.2, 0.25) is 0 Å². The van der Waals surface area contributed by atoms with Gasteiger partial charge in [-0.25, -0.2) is 4.79 Å². The third kappa shape index (κ3) is 9.05. The van der Waals surface area contributed by atoms with Crippen LogP contribution in [0, 0.1) is 6.92 Å². The van der Waals surface area contributed by atoms with E-state index in [1.807, 2.05) is 0 Å². The van der Waals surface area contributed by atoms with Gasteiger partial charge < -0.3 is 24.4 Å². The fourth-order valence-corrected chi connectivity index (χ4v) is 5.42. The van der Waals surface area contributed by atoms with E-state index >= 15 is 0 Å². The number of alkyl halides is 3. The maximum absolute atomic E-state index is 13.6. The van der Waals surface area contributed by atoms with Crippen molar-refractivity contribution in [1.82, 2.24) is 9.88 Å². The molecule has 0 fully saturated rings. The Morgan fingerprint density at radius 2 is 1.62 bits per heavy atom. The minimum Gasteiger partial charge on any atom is -0.493 e. The highest BCUT2D eigenvalue weighted by Crippen LogP contribution is 2.37. The average molecular weight is 757 g/mol. The van der Waals surface area contributed by atoms with Crippen LogP contribution in [-0.2, 0) is 22.1 Å². The summed E-state index contributed by atoms with van der Waals surface area (Å²) in [5.41, 5.74) is 1.64. The van der Waals surface area contributed by atoms with Crippen LogP contribution in [0.2, 0.25) is 0 Å². The topological polar surface area (TPSA) is 124 Å². The average Bonchev–Trinajstić information content (AvgIpc) is 3.08. The Balaban J connectivity index is 1.50. The summed E-state index contributed by atoms with van der Waals surface area (Å²) in [6, 6.07) is 15.2. The van der Waals surface area contributed by atoms with Crippen molar-refractivity contribution in [2.75, 3.05) is 33.6 Å². The molecule has 0 bridgehead atoms. The summed E-state index contributed by atoms with van der Waals surface area (Å²) in [4.78, 5) is 57.2. The van der Waals surface area contributed by atoms with E-state index in [1.165, 1.54) is 49.5 Å². The predicted octanol–water partition coefficient (Wildman–Crippen LogP) is 7.52. The van der Waals surface area contributed by atoms with Crippen LogP contribution in [-0.4, -0.2) is 62.0 Å². The highest BCUT2D eigenvalue weighted by atomic mass is 79.9. The van der Waals surface area contributed by atoms with E-state index in [9.17, 15) is 32.3 Å². The fraction of sp³-hybridized carbons (Fsp3) is 0.250. The lowest BCUT2D eigenvalue weighted by Crippen LogP contribution is -2.24. The van der Waals surface area contributed by atoms with Crippen LogP contribution in [0.4, 0.5) is 18.9 Å². The number of aromatic nitrogens is 1. The van der Waals surface area contributed by atoms with Gasteiger partial charge in [0.1, 0.15) is 0 Å². The number of aryl methyl sites for hydroxylation is 2. The Morgan fingerprint density at radius 1 is 0.920 bits per heavy atom. The number of methoxy groups -OCH3 is 2. The van der Waals surface area contributed by atoms with Crippen molar-refractivity contribution >= 4 is 45.4 Å². The number of carbonyl (C=O) groups is 4. The number of pyridine rings is 1. The van der Waals surface area contributed by atoms with Gasteiger partial charge in [-0.1, -0.05) is 18.2 Å². The molecule has 3 aromatic carbocycles. The first-order valence-corrected chi connectivity index (χ1v) is 15.9. The molecule has 0 aliphatic rings. The zero-order valence-electron chi connectivity index (χ0n) is 27.7. The molecule has 10 nitrogen and oxygen atoms in total. The summed E-state index contributed by atoms with van der Waals surface area (Å²) in [5.74, 6) is -1.89. The summed E-state index contributed by atoms with van der Waals surface area (Å²) in [6.07, 6.45) is -3.77. The van der Waals surface area contributed by atoms with Crippen molar-refractivity contribution in [3.05, 3.63) is 105 Å². The van der Waals surface area contributed by atoms with Crippen molar-refractivity contribution in [2.45, 2.75) is 32.4 Å². The molecule has 1 aromatic heterocycles. The Labute approximate surface area is 294 Å². The molecule has 1 N–H and O–H groups in total. The van der Waals surface area contributed by atoms with Gasteiger partial charge in [0.15, 0.2) is 11.5 Å². The lowest BCUT2D eigenvalue weighted by atomic mass is 10.0. The molecule has 4 rings (SSSR count). The van der Waals surface area contributed by atoms with E-state index in [2.05, 4.69) is 26.2 Å². The summed E-state index contributed by atoms with van der Waals surface area (Å²) < 4.78 is 55.3. The smallest absolute Gasteiger partial charge is 0.416 e. The largest absolute Gasteiger partial charge is 0.493 e. The van der Waals surface area contributed by atoms with Crippen LogP contribution >= 0.6 is 15.9 Å². The molecule has 1 heterocycles. The van der Waals surface area contributed by atoms with Crippen molar-refractivity contribution < 1.29 is 46.6 Å². The number of anilines is 1. The second-order valence-corrected chi connectivity index (χ2v) is 12.1. The first kappa shape index (κ1) is 37.6. The molecule has 14 heteroatoms. The van der Waals surface area contributed by atoms with Gasteiger partial charge in [-0.3, -0.25) is 19.4 Å². The number of esters is 2. The van der Waals surface area contributed by atoms with Crippen LogP contribution in [0.1, 0.15) is 60.7 Å². The van der Waals surface area contributed by atoms with Crippen LogP contribution < -0.4 is 14.8 Å². The normalized spacial score (nSPS) is 11.1. The van der Waals surface area contributed by atoms with Gasteiger partial charge in [0.05, 0.1) is 52.3 Å². The number of hydrogen-bond acceptors (Lipinski definition) is 8. The maximum Gasteiger partial charge on any atom is 0.416 e. The first-order chi connectivity index (χ1) is 23.6. The number of nitrogens with one attached hydrogen (secondary N) is 1. The molecule has 2 amide bonds. The Bertz CT molecular complexity index is 1930. The number of amides is 2. The number of rotatable bonds is 11. The molecule has 4 aromatic rings.